The summed E-state index contributed by atoms with van der Waals surface area (Å²) in [7, 11) is 0. The van der Waals surface area contributed by atoms with Gasteiger partial charge in [0.05, 0.1) is 5.69 Å². The second kappa shape index (κ2) is 12.6. The van der Waals surface area contributed by atoms with Crippen LogP contribution < -0.4 is 4.90 Å². The lowest BCUT2D eigenvalue weighted by Gasteiger charge is -2.32. The average molecular weight is 706 g/mol. The molecule has 55 heavy (non-hydrogen) atoms. The number of anilines is 3. The molecule has 2 aliphatic carbocycles. The van der Waals surface area contributed by atoms with Crippen LogP contribution in [-0.4, -0.2) is 0 Å². The molecule has 0 radical (unpaired) electrons. The highest BCUT2D eigenvalue weighted by molar-refractivity contribution is 6.01. The highest BCUT2D eigenvalue weighted by atomic mass is 15.1. The normalized spacial score (nSPS) is 14.1. The van der Waals surface area contributed by atoms with Crippen molar-refractivity contribution >= 4 is 17.1 Å². The van der Waals surface area contributed by atoms with Crippen molar-refractivity contribution in [3.63, 3.8) is 0 Å². The van der Waals surface area contributed by atoms with Gasteiger partial charge in [-0.3, -0.25) is 0 Å². The summed E-state index contributed by atoms with van der Waals surface area (Å²) >= 11 is 0. The van der Waals surface area contributed by atoms with Gasteiger partial charge in [0, 0.05) is 27.8 Å². The van der Waals surface area contributed by atoms with Crippen LogP contribution >= 0.6 is 0 Å². The van der Waals surface area contributed by atoms with Crippen LogP contribution in [0.25, 0.3) is 55.6 Å². The lowest BCUT2D eigenvalue weighted by Crippen LogP contribution is -2.18. The van der Waals surface area contributed by atoms with Gasteiger partial charge in [0.15, 0.2) is 0 Å². The predicted octanol–water partition coefficient (Wildman–Crippen LogP) is 14.8. The van der Waals surface area contributed by atoms with Crippen LogP contribution in [0.2, 0.25) is 0 Å². The molecule has 2 aliphatic rings. The van der Waals surface area contributed by atoms with Gasteiger partial charge in [-0.1, -0.05) is 185 Å². The summed E-state index contributed by atoms with van der Waals surface area (Å²) in [5.41, 5.74) is 21.3. The fraction of sp³-hybridized carbons (Fsp3) is 0.111. The zero-order chi connectivity index (χ0) is 37.3. The molecule has 0 aliphatic heterocycles. The highest BCUT2D eigenvalue weighted by Gasteiger charge is 2.39. The SMILES string of the molecule is CC1(C)c2ccccc2-c2ccc(N(c3ccccc3)c3cccc(-c4ccc(-c5ccccc5)cc4)c3-c3cccc4c3C(C)(C)c3ccccc3-4)cc21. The van der Waals surface area contributed by atoms with Crippen molar-refractivity contribution in [1.82, 2.24) is 0 Å². The molecule has 0 bridgehead atoms. The van der Waals surface area contributed by atoms with Gasteiger partial charge in [-0.15, -0.1) is 0 Å². The van der Waals surface area contributed by atoms with E-state index in [1.165, 1.54) is 77.9 Å². The number of nitrogens with zero attached hydrogens (tertiary/aromatic N) is 1. The third-order valence-electron chi connectivity index (χ3n) is 12.3. The first kappa shape index (κ1) is 33.2. The van der Waals surface area contributed by atoms with E-state index in [1.807, 2.05) is 0 Å². The molecule has 264 valence electrons. The summed E-state index contributed by atoms with van der Waals surface area (Å²) in [6.07, 6.45) is 0. The van der Waals surface area contributed by atoms with Gasteiger partial charge in [-0.05, 0) is 103 Å². The molecule has 0 N–H and O–H groups in total. The van der Waals surface area contributed by atoms with Crippen molar-refractivity contribution in [2.45, 2.75) is 38.5 Å². The Hall–Kier alpha value is -6.44. The molecule has 10 rings (SSSR count). The summed E-state index contributed by atoms with van der Waals surface area (Å²) < 4.78 is 0. The Balaban J connectivity index is 1.24. The van der Waals surface area contributed by atoms with Crippen LogP contribution in [-0.2, 0) is 10.8 Å². The summed E-state index contributed by atoms with van der Waals surface area (Å²) in [5.74, 6) is 0. The molecule has 0 heterocycles. The van der Waals surface area contributed by atoms with E-state index >= 15 is 0 Å². The number of hydrogen-bond donors (Lipinski definition) is 0. The molecule has 1 nitrogen and oxygen atoms in total. The van der Waals surface area contributed by atoms with Gasteiger partial charge in [-0.2, -0.15) is 0 Å². The van der Waals surface area contributed by atoms with E-state index in [9.17, 15) is 0 Å². The highest BCUT2D eigenvalue weighted by Crippen LogP contribution is 2.56. The number of hydrogen-bond acceptors (Lipinski definition) is 1. The van der Waals surface area contributed by atoms with Crippen LogP contribution in [0.15, 0.2) is 188 Å². The first-order chi connectivity index (χ1) is 26.8. The largest absolute Gasteiger partial charge is 0.310 e. The van der Waals surface area contributed by atoms with E-state index in [0.29, 0.717) is 0 Å². The fourth-order valence-corrected chi connectivity index (χ4v) is 9.61. The van der Waals surface area contributed by atoms with E-state index in [0.717, 1.165) is 17.1 Å². The monoisotopic (exact) mass is 705 g/mol. The topological polar surface area (TPSA) is 3.24 Å². The third-order valence-corrected chi connectivity index (χ3v) is 12.3. The summed E-state index contributed by atoms with van der Waals surface area (Å²) in [4.78, 5) is 2.49. The molecule has 0 saturated carbocycles. The molecular formula is C54H43N. The third kappa shape index (κ3) is 5.14. The van der Waals surface area contributed by atoms with Crippen LogP contribution in [0.4, 0.5) is 17.1 Å². The molecule has 8 aromatic rings. The predicted molar refractivity (Wildman–Crippen MR) is 233 cm³/mol. The summed E-state index contributed by atoms with van der Waals surface area (Å²) in [5, 5.41) is 0. The van der Waals surface area contributed by atoms with Crippen LogP contribution in [0, 0.1) is 0 Å². The van der Waals surface area contributed by atoms with Crippen molar-refractivity contribution in [2.75, 3.05) is 4.90 Å². The van der Waals surface area contributed by atoms with Crippen LogP contribution in [0.3, 0.4) is 0 Å². The van der Waals surface area contributed by atoms with Crippen LogP contribution in [0.5, 0.6) is 0 Å². The molecule has 0 spiro atoms. The van der Waals surface area contributed by atoms with Crippen molar-refractivity contribution in [1.29, 1.82) is 0 Å². The maximum Gasteiger partial charge on any atom is 0.0546 e. The molecule has 0 amide bonds. The van der Waals surface area contributed by atoms with E-state index in [1.54, 1.807) is 0 Å². The van der Waals surface area contributed by atoms with Gasteiger partial charge in [0.1, 0.15) is 0 Å². The Morgan fingerprint density at radius 1 is 0.327 bits per heavy atom. The van der Waals surface area contributed by atoms with Gasteiger partial charge in [0.25, 0.3) is 0 Å². The summed E-state index contributed by atoms with van der Waals surface area (Å²) in [6.45, 7) is 9.53. The lowest BCUT2D eigenvalue weighted by molar-refractivity contribution is 0.660. The lowest BCUT2D eigenvalue weighted by atomic mass is 9.77. The Bertz CT molecular complexity index is 2740. The maximum atomic E-state index is 2.49. The first-order valence-electron chi connectivity index (χ1n) is 19.4. The quantitative estimate of drug-likeness (QED) is 0.166. The smallest absolute Gasteiger partial charge is 0.0546 e. The van der Waals surface area contributed by atoms with Gasteiger partial charge in [0.2, 0.25) is 0 Å². The molecule has 0 fully saturated rings. The number of fused-ring (bicyclic) bond motifs is 6. The number of benzene rings is 8. The molecule has 0 saturated heterocycles. The number of rotatable bonds is 6. The van der Waals surface area contributed by atoms with E-state index in [-0.39, 0.29) is 10.8 Å². The van der Waals surface area contributed by atoms with Gasteiger partial charge < -0.3 is 4.90 Å². The number of para-hydroxylation sites is 1. The Labute approximate surface area is 325 Å². The minimum absolute atomic E-state index is 0.120. The van der Waals surface area contributed by atoms with Crippen molar-refractivity contribution in [3.05, 3.63) is 210 Å². The average Bonchev–Trinajstić information content (AvgIpc) is 3.61. The van der Waals surface area contributed by atoms with E-state index in [4.69, 9.17) is 0 Å². The van der Waals surface area contributed by atoms with Crippen molar-refractivity contribution in [3.8, 4) is 55.6 Å². The molecule has 8 aromatic carbocycles. The van der Waals surface area contributed by atoms with E-state index in [2.05, 4.69) is 221 Å². The standard InChI is InChI=1S/C54H43N/c1-53(2)47-26-13-11-21-42(47)44-34-33-40(35-49(44)53)55(39-19-9-6-10-20-39)50-28-16-23-41(38-31-29-37(30-32-38)36-17-7-5-8-18-36)51(50)46-25-15-24-45-43-22-12-14-27-48(43)54(3,4)52(45)46/h5-35H,1-4H3. The fourth-order valence-electron chi connectivity index (χ4n) is 9.61. The van der Waals surface area contributed by atoms with Gasteiger partial charge in [-0.25, -0.2) is 0 Å². The Morgan fingerprint density at radius 3 is 1.56 bits per heavy atom. The van der Waals surface area contributed by atoms with Crippen molar-refractivity contribution in [2.24, 2.45) is 0 Å². The molecule has 0 aromatic heterocycles. The van der Waals surface area contributed by atoms with Crippen molar-refractivity contribution < 1.29 is 0 Å². The Morgan fingerprint density at radius 2 is 0.836 bits per heavy atom. The zero-order valence-electron chi connectivity index (χ0n) is 31.8. The molecule has 0 unspecified atom stereocenters. The second-order valence-electron chi connectivity index (χ2n) is 16.1. The molecule has 0 atom stereocenters. The second-order valence-corrected chi connectivity index (χ2v) is 16.1. The zero-order valence-corrected chi connectivity index (χ0v) is 31.8. The maximum absolute atomic E-state index is 2.49. The molecular weight excluding hydrogens is 663 g/mol. The minimum Gasteiger partial charge on any atom is -0.310 e. The van der Waals surface area contributed by atoms with Crippen LogP contribution in [0.1, 0.15) is 49.9 Å². The Kier molecular flexibility index (Phi) is 7.58. The van der Waals surface area contributed by atoms with Gasteiger partial charge >= 0.3 is 0 Å². The first-order valence-corrected chi connectivity index (χ1v) is 19.4. The molecule has 1 heteroatoms. The summed E-state index contributed by atoms with van der Waals surface area (Å²) in [6, 6.07) is 69.5. The minimum atomic E-state index is -0.189. The van der Waals surface area contributed by atoms with E-state index < -0.39 is 0 Å².